The first kappa shape index (κ1) is 34.7. The minimum absolute atomic E-state index is 0.338. The van der Waals surface area contributed by atoms with Gasteiger partial charge < -0.3 is 4.79 Å². The van der Waals surface area contributed by atoms with Crippen molar-refractivity contribution in [2.24, 2.45) is 5.92 Å². The highest BCUT2D eigenvalue weighted by atomic mass is 16.1. The van der Waals surface area contributed by atoms with Gasteiger partial charge in [0, 0.05) is 5.92 Å². The SMILES string of the molecule is CCCCCCCCCCCCCCCCCCC(C=O)CCCCCCCCCCCCCC. The molecule has 0 aromatic heterocycles. The van der Waals surface area contributed by atoms with Gasteiger partial charge >= 0.3 is 0 Å². The molecule has 0 aromatic rings. The van der Waals surface area contributed by atoms with Crippen molar-refractivity contribution in [2.75, 3.05) is 0 Å². The minimum atomic E-state index is 0.338. The van der Waals surface area contributed by atoms with Crippen LogP contribution in [0, 0.1) is 5.92 Å². The molecular weight excluding hydrogens is 424 g/mol. The minimum Gasteiger partial charge on any atom is -0.303 e. The van der Waals surface area contributed by atoms with Gasteiger partial charge in [0.2, 0.25) is 0 Å². The topological polar surface area (TPSA) is 17.1 Å². The molecule has 210 valence electrons. The van der Waals surface area contributed by atoms with Gasteiger partial charge in [-0.15, -0.1) is 0 Å². The van der Waals surface area contributed by atoms with E-state index in [1.807, 2.05) is 0 Å². The molecule has 0 bridgehead atoms. The molecule has 0 spiro atoms. The molecular formula is C34H68O. The van der Waals surface area contributed by atoms with Crippen LogP contribution in [0.3, 0.4) is 0 Å². The standard InChI is InChI=1S/C34H68O/c1-3-5-7-9-11-13-15-17-18-19-20-22-24-26-28-30-32-34(33-35)31-29-27-25-23-21-16-14-12-10-8-6-4-2/h33-34H,3-32H2,1-2H3. The summed E-state index contributed by atoms with van der Waals surface area (Å²) in [6.45, 7) is 4.59. The van der Waals surface area contributed by atoms with Gasteiger partial charge in [0.25, 0.3) is 0 Å². The number of hydrogen-bond donors (Lipinski definition) is 0. The third kappa shape index (κ3) is 29.8. The predicted octanol–water partition coefficient (Wildman–Crippen LogP) is 12.5. The lowest BCUT2D eigenvalue weighted by atomic mass is 9.95. The monoisotopic (exact) mass is 493 g/mol. The summed E-state index contributed by atoms with van der Waals surface area (Å²) in [6.07, 6.45) is 43.0. The van der Waals surface area contributed by atoms with Gasteiger partial charge in [0.1, 0.15) is 6.29 Å². The van der Waals surface area contributed by atoms with Crippen molar-refractivity contribution in [3.8, 4) is 0 Å². The number of unbranched alkanes of at least 4 members (excludes halogenated alkanes) is 26. The summed E-state index contributed by atoms with van der Waals surface area (Å²) in [5, 5.41) is 0. The van der Waals surface area contributed by atoms with Gasteiger partial charge in [-0.05, 0) is 12.8 Å². The molecule has 0 amide bonds. The molecule has 0 saturated carbocycles. The van der Waals surface area contributed by atoms with Crippen LogP contribution in [0.25, 0.3) is 0 Å². The smallest absolute Gasteiger partial charge is 0.123 e. The van der Waals surface area contributed by atoms with Crippen LogP contribution in [0.5, 0.6) is 0 Å². The number of hydrogen-bond acceptors (Lipinski definition) is 1. The van der Waals surface area contributed by atoms with Crippen LogP contribution >= 0.6 is 0 Å². The Bertz CT molecular complexity index is 377. The first-order valence-electron chi connectivity index (χ1n) is 16.8. The van der Waals surface area contributed by atoms with Gasteiger partial charge in [-0.3, -0.25) is 0 Å². The van der Waals surface area contributed by atoms with E-state index in [4.69, 9.17) is 0 Å². The van der Waals surface area contributed by atoms with Crippen LogP contribution in [-0.2, 0) is 4.79 Å². The highest BCUT2D eigenvalue weighted by Gasteiger charge is 2.06. The fraction of sp³-hybridized carbons (Fsp3) is 0.971. The van der Waals surface area contributed by atoms with Gasteiger partial charge in [-0.2, -0.15) is 0 Å². The summed E-state index contributed by atoms with van der Waals surface area (Å²) in [7, 11) is 0. The van der Waals surface area contributed by atoms with E-state index in [0.717, 1.165) is 12.8 Å². The van der Waals surface area contributed by atoms with Crippen molar-refractivity contribution in [1.82, 2.24) is 0 Å². The molecule has 0 aliphatic carbocycles. The zero-order chi connectivity index (χ0) is 25.5. The lowest BCUT2D eigenvalue weighted by Crippen LogP contribution is -2.02. The van der Waals surface area contributed by atoms with E-state index < -0.39 is 0 Å². The summed E-state index contributed by atoms with van der Waals surface area (Å²) < 4.78 is 0. The van der Waals surface area contributed by atoms with Crippen molar-refractivity contribution < 1.29 is 4.79 Å². The first-order valence-corrected chi connectivity index (χ1v) is 16.8. The molecule has 0 aromatic carbocycles. The van der Waals surface area contributed by atoms with Crippen LogP contribution in [0.2, 0.25) is 0 Å². The molecule has 1 nitrogen and oxygen atoms in total. The summed E-state index contributed by atoms with van der Waals surface area (Å²) in [6, 6.07) is 0. The van der Waals surface area contributed by atoms with Crippen LogP contribution < -0.4 is 0 Å². The molecule has 0 aliphatic rings. The van der Waals surface area contributed by atoms with Crippen LogP contribution in [0.1, 0.15) is 206 Å². The van der Waals surface area contributed by atoms with E-state index in [2.05, 4.69) is 13.8 Å². The Kier molecular flexibility index (Phi) is 31.4. The van der Waals surface area contributed by atoms with Crippen LogP contribution in [-0.4, -0.2) is 6.29 Å². The van der Waals surface area contributed by atoms with E-state index in [1.54, 1.807) is 0 Å². The molecule has 0 rings (SSSR count). The fourth-order valence-corrected chi connectivity index (χ4v) is 5.48. The molecule has 0 aliphatic heterocycles. The first-order chi connectivity index (χ1) is 17.3. The summed E-state index contributed by atoms with van der Waals surface area (Å²) in [4.78, 5) is 11.4. The van der Waals surface area contributed by atoms with Crippen molar-refractivity contribution >= 4 is 6.29 Å². The van der Waals surface area contributed by atoms with Crippen molar-refractivity contribution in [3.63, 3.8) is 0 Å². The third-order valence-corrected chi connectivity index (χ3v) is 8.05. The maximum atomic E-state index is 11.4. The molecule has 0 fully saturated rings. The Morgan fingerprint density at radius 1 is 0.343 bits per heavy atom. The van der Waals surface area contributed by atoms with E-state index >= 15 is 0 Å². The average Bonchev–Trinajstić information content (AvgIpc) is 2.87. The highest BCUT2D eigenvalue weighted by molar-refractivity contribution is 5.53. The largest absolute Gasteiger partial charge is 0.303 e. The van der Waals surface area contributed by atoms with Crippen molar-refractivity contribution in [1.29, 1.82) is 0 Å². The normalized spacial score (nSPS) is 12.3. The third-order valence-electron chi connectivity index (χ3n) is 8.05. The Labute approximate surface area is 223 Å². The lowest BCUT2D eigenvalue weighted by Gasteiger charge is -2.10. The van der Waals surface area contributed by atoms with Crippen molar-refractivity contribution in [2.45, 2.75) is 206 Å². The number of carbonyl (C=O) groups excluding carboxylic acids is 1. The summed E-state index contributed by atoms with van der Waals surface area (Å²) in [5.74, 6) is 0.338. The Hall–Kier alpha value is -0.330. The molecule has 1 unspecified atom stereocenters. The molecule has 0 N–H and O–H groups in total. The van der Waals surface area contributed by atoms with Gasteiger partial charge in [-0.25, -0.2) is 0 Å². The van der Waals surface area contributed by atoms with Crippen LogP contribution in [0.4, 0.5) is 0 Å². The van der Waals surface area contributed by atoms with E-state index in [1.165, 1.54) is 186 Å². The zero-order valence-corrected chi connectivity index (χ0v) is 24.8. The fourth-order valence-electron chi connectivity index (χ4n) is 5.48. The molecule has 1 atom stereocenters. The Morgan fingerprint density at radius 2 is 0.543 bits per heavy atom. The number of aldehydes is 1. The molecule has 1 heteroatoms. The second-order valence-corrected chi connectivity index (χ2v) is 11.7. The average molecular weight is 493 g/mol. The zero-order valence-electron chi connectivity index (χ0n) is 24.8. The van der Waals surface area contributed by atoms with Gasteiger partial charge in [-0.1, -0.05) is 194 Å². The molecule has 0 saturated heterocycles. The van der Waals surface area contributed by atoms with E-state index in [-0.39, 0.29) is 0 Å². The van der Waals surface area contributed by atoms with Crippen LogP contribution in [0.15, 0.2) is 0 Å². The highest BCUT2D eigenvalue weighted by Crippen LogP contribution is 2.19. The number of carbonyl (C=O) groups is 1. The van der Waals surface area contributed by atoms with Gasteiger partial charge in [0.15, 0.2) is 0 Å². The summed E-state index contributed by atoms with van der Waals surface area (Å²) in [5.41, 5.74) is 0. The molecule has 0 heterocycles. The van der Waals surface area contributed by atoms with E-state index in [0.29, 0.717) is 5.92 Å². The Morgan fingerprint density at radius 3 is 0.743 bits per heavy atom. The van der Waals surface area contributed by atoms with Gasteiger partial charge in [0.05, 0.1) is 0 Å². The predicted molar refractivity (Wildman–Crippen MR) is 159 cm³/mol. The number of rotatable bonds is 31. The maximum Gasteiger partial charge on any atom is 0.123 e. The second kappa shape index (κ2) is 31.7. The Balaban J connectivity index is 3.26. The molecule has 35 heavy (non-hydrogen) atoms. The lowest BCUT2D eigenvalue weighted by molar-refractivity contribution is -0.111. The molecule has 0 radical (unpaired) electrons. The maximum absolute atomic E-state index is 11.4. The van der Waals surface area contributed by atoms with Crippen molar-refractivity contribution in [3.05, 3.63) is 0 Å². The second-order valence-electron chi connectivity index (χ2n) is 11.7. The van der Waals surface area contributed by atoms with E-state index in [9.17, 15) is 4.79 Å². The summed E-state index contributed by atoms with van der Waals surface area (Å²) >= 11 is 0. The quantitative estimate of drug-likeness (QED) is 0.0694.